The van der Waals surface area contributed by atoms with Gasteiger partial charge in [-0.1, -0.05) is 12.1 Å². The number of nitrogens with zero attached hydrogens (tertiary/aromatic N) is 2. The lowest BCUT2D eigenvalue weighted by Crippen LogP contribution is -3.20. The molecule has 2 fully saturated rings. The minimum Gasteiger partial charge on any atom is -0.497 e. The van der Waals surface area contributed by atoms with Crippen LogP contribution in [0.5, 0.6) is 5.75 Å². The van der Waals surface area contributed by atoms with Gasteiger partial charge in [-0.2, -0.15) is 0 Å². The van der Waals surface area contributed by atoms with Crippen molar-refractivity contribution in [2.45, 2.75) is 6.54 Å². The maximum atomic E-state index is 12.7. The molecule has 9 heteroatoms. The Bertz CT molecular complexity index is 743. The zero-order chi connectivity index (χ0) is 19.9. The van der Waals surface area contributed by atoms with Crippen molar-refractivity contribution in [3.63, 3.8) is 0 Å². The maximum absolute atomic E-state index is 12.7. The number of ether oxygens (including phenoxy) is 1. The zero-order valence-corrected chi connectivity index (χ0v) is 16.0. The molecule has 0 spiro atoms. The second-order valence-electron chi connectivity index (χ2n) is 6.97. The molecular formula is C19H27N5O4+2. The van der Waals surface area contributed by atoms with Gasteiger partial charge in [0.15, 0.2) is 5.92 Å². The second-order valence-corrected chi connectivity index (χ2v) is 6.97. The molecule has 1 aromatic rings. The number of rotatable bonds is 7. The minimum absolute atomic E-state index is 0.0840. The van der Waals surface area contributed by atoms with Gasteiger partial charge in [0, 0.05) is 6.21 Å². The van der Waals surface area contributed by atoms with E-state index in [-0.39, 0.29) is 6.54 Å². The third-order valence-electron chi connectivity index (χ3n) is 5.04. The third kappa shape index (κ3) is 4.93. The summed E-state index contributed by atoms with van der Waals surface area (Å²) in [6, 6.07) is 6.36. The van der Waals surface area contributed by atoms with Crippen LogP contribution in [0.1, 0.15) is 5.56 Å². The van der Waals surface area contributed by atoms with E-state index in [0.717, 1.165) is 43.2 Å². The first kappa shape index (κ1) is 20.0. The van der Waals surface area contributed by atoms with Crippen molar-refractivity contribution in [2.75, 3.05) is 46.4 Å². The largest absolute Gasteiger partial charge is 0.497 e. The molecule has 1 aromatic carbocycles. The number of aliphatic imine (C=N–C) groups is 1. The standard InChI is InChI=1S/C19H25N5O4/c1-28-15-4-2-14(3-5-15)13-24-18(26)16(17(25)22-19(24)27)12-21-8-11-23-9-6-20-7-10-23/h2-5,12,16,20H,6-11,13H2,1H3,(H,22,25,27)/p+2/t16-/m1/s1. The maximum Gasteiger partial charge on any atom is 0.331 e. The van der Waals surface area contributed by atoms with Crippen LogP contribution in [0.25, 0.3) is 0 Å². The number of nitrogens with two attached hydrogens (primary N) is 1. The van der Waals surface area contributed by atoms with Gasteiger partial charge in [0.2, 0.25) is 11.8 Å². The van der Waals surface area contributed by atoms with Crippen molar-refractivity contribution in [1.82, 2.24) is 10.2 Å². The summed E-state index contributed by atoms with van der Waals surface area (Å²) >= 11 is 0. The highest BCUT2D eigenvalue weighted by molar-refractivity contribution is 6.23. The van der Waals surface area contributed by atoms with Crippen molar-refractivity contribution in [3.05, 3.63) is 29.8 Å². The molecule has 4 N–H and O–H groups in total. The number of methoxy groups -OCH3 is 1. The molecule has 3 rings (SSSR count). The third-order valence-corrected chi connectivity index (χ3v) is 5.04. The Kier molecular flexibility index (Phi) is 6.72. The van der Waals surface area contributed by atoms with Gasteiger partial charge in [0.25, 0.3) is 0 Å². The Morgan fingerprint density at radius 2 is 1.96 bits per heavy atom. The lowest BCUT2D eigenvalue weighted by molar-refractivity contribution is -0.945. The molecular weight excluding hydrogens is 362 g/mol. The summed E-state index contributed by atoms with van der Waals surface area (Å²) in [6.45, 7) is 5.95. The van der Waals surface area contributed by atoms with Gasteiger partial charge in [-0.15, -0.1) is 0 Å². The van der Waals surface area contributed by atoms with Crippen molar-refractivity contribution in [2.24, 2.45) is 10.9 Å². The number of barbiturate groups is 1. The number of quaternary nitrogens is 2. The predicted octanol–water partition coefficient (Wildman–Crippen LogP) is -2.58. The average Bonchev–Trinajstić information content (AvgIpc) is 2.71. The second kappa shape index (κ2) is 9.43. The summed E-state index contributed by atoms with van der Waals surface area (Å²) < 4.78 is 5.11. The van der Waals surface area contributed by atoms with Gasteiger partial charge in [-0.05, 0) is 17.7 Å². The Morgan fingerprint density at radius 3 is 2.64 bits per heavy atom. The number of imide groups is 2. The molecule has 2 aliphatic heterocycles. The Balaban J connectivity index is 1.59. The van der Waals surface area contributed by atoms with Crippen molar-refractivity contribution in [3.8, 4) is 5.75 Å². The first-order valence-electron chi connectivity index (χ1n) is 9.53. The number of amides is 4. The summed E-state index contributed by atoms with van der Waals surface area (Å²) in [6.07, 6.45) is 1.38. The van der Waals surface area contributed by atoms with Gasteiger partial charge in [-0.3, -0.25) is 24.8 Å². The van der Waals surface area contributed by atoms with E-state index < -0.39 is 23.8 Å². The number of nitrogens with one attached hydrogen (secondary N) is 2. The van der Waals surface area contributed by atoms with E-state index in [4.69, 9.17) is 4.74 Å². The smallest absolute Gasteiger partial charge is 0.331 e. The number of piperazine rings is 1. The molecule has 0 bridgehead atoms. The molecule has 2 aliphatic rings. The molecule has 150 valence electrons. The van der Waals surface area contributed by atoms with Gasteiger partial charge in [0.05, 0.1) is 26.7 Å². The fourth-order valence-corrected chi connectivity index (χ4v) is 3.36. The van der Waals surface area contributed by atoms with E-state index in [2.05, 4.69) is 15.6 Å². The molecule has 9 nitrogen and oxygen atoms in total. The van der Waals surface area contributed by atoms with E-state index in [1.165, 1.54) is 11.1 Å². The summed E-state index contributed by atoms with van der Waals surface area (Å²) in [5, 5.41) is 4.54. The van der Waals surface area contributed by atoms with E-state index >= 15 is 0 Å². The number of carbonyl (C=O) groups excluding carboxylic acids is 3. The summed E-state index contributed by atoms with van der Waals surface area (Å²) in [4.78, 5) is 43.7. The molecule has 0 saturated carbocycles. The highest BCUT2D eigenvalue weighted by Crippen LogP contribution is 2.16. The molecule has 0 aliphatic carbocycles. The molecule has 2 saturated heterocycles. The first-order chi connectivity index (χ1) is 13.6. The van der Waals surface area contributed by atoms with Crippen LogP contribution in [0, 0.1) is 5.92 Å². The van der Waals surface area contributed by atoms with Crippen LogP contribution in [-0.4, -0.2) is 75.3 Å². The Hall–Kier alpha value is -2.78. The van der Waals surface area contributed by atoms with Crippen molar-refractivity contribution < 1.29 is 29.3 Å². The summed E-state index contributed by atoms with van der Waals surface area (Å²) in [5.41, 5.74) is 0.764. The normalized spacial score (nSPS) is 21.2. The Labute approximate surface area is 163 Å². The lowest BCUT2D eigenvalue weighted by Gasteiger charge is -2.28. The van der Waals surface area contributed by atoms with Gasteiger partial charge < -0.3 is 15.0 Å². The quantitative estimate of drug-likeness (QED) is 0.352. The van der Waals surface area contributed by atoms with Crippen LogP contribution >= 0.6 is 0 Å². The first-order valence-corrected chi connectivity index (χ1v) is 9.53. The van der Waals surface area contributed by atoms with E-state index in [0.29, 0.717) is 12.3 Å². The minimum atomic E-state index is -1.07. The summed E-state index contributed by atoms with van der Waals surface area (Å²) in [5.74, 6) is -1.55. The van der Waals surface area contributed by atoms with Crippen molar-refractivity contribution in [1.29, 1.82) is 0 Å². The number of benzene rings is 1. The molecule has 28 heavy (non-hydrogen) atoms. The Morgan fingerprint density at radius 1 is 1.25 bits per heavy atom. The fraction of sp³-hybridized carbons (Fsp3) is 0.474. The number of hydrogen-bond donors (Lipinski definition) is 3. The molecule has 0 unspecified atom stereocenters. The van der Waals surface area contributed by atoms with Crippen LogP contribution in [0.4, 0.5) is 4.79 Å². The number of urea groups is 1. The van der Waals surface area contributed by atoms with E-state index in [1.54, 1.807) is 31.4 Å². The van der Waals surface area contributed by atoms with Gasteiger partial charge in [-0.25, -0.2) is 4.79 Å². The van der Waals surface area contributed by atoms with Crippen LogP contribution in [0.15, 0.2) is 29.3 Å². The van der Waals surface area contributed by atoms with E-state index in [1.807, 2.05) is 0 Å². The molecule has 4 amide bonds. The monoisotopic (exact) mass is 389 g/mol. The lowest BCUT2D eigenvalue weighted by atomic mass is 10.1. The average molecular weight is 389 g/mol. The topological polar surface area (TPSA) is 109 Å². The molecule has 0 aromatic heterocycles. The number of carbonyl (C=O) groups is 3. The van der Waals surface area contributed by atoms with Crippen LogP contribution < -0.4 is 20.3 Å². The highest BCUT2D eigenvalue weighted by atomic mass is 16.5. The van der Waals surface area contributed by atoms with Crippen LogP contribution in [0.2, 0.25) is 0 Å². The zero-order valence-electron chi connectivity index (χ0n) is 16.0. The van der Waals surface area contributed by atoms with Gasteiger partial charge >= 0.3 is 6.03 Å². The fourth-order valence-electron chi connectivity index (χ4n) is 3.36. The predicted molar refractivity (Wildman–Crippen MR) is 101 cm³/mol. The van der Waals surface area contributed by atoms with Crippen LogP contribution in [0.3, 0.4) is 0 Å². The molecule has 2 heterocycles. The van der Waals surface area contributed by atoms with E-state index in [9.17, 15) is 14.4 Å². The van der Waals surface area contributed by atoms with Crippen LogP contribution in [-0.2, 0) is 16.1 Å². The van der Waals surface area contributed by atoms with Crippen molar-refractivity contribution >= 4 is 24.1 Å². The number of hydrogen-bond acceptors (Lipinski definition) is 5. The SMILES string of the molecule is COc1ccc(CN2C(=O)NC(=O)[C@@H](C=NCC[NH+]3CC[NH2+]CC3)C2=O)cc1. The molecule has 1 atom stereocenters. The van der Waals surface area contributed by atoms with Gasteiger partial charge in [0.1, 0.15) is 31.9 Å². The summed E-state index contributed by atoms with van der Waals surface area (Å²) in [7, 11) is 1.57. The highest BCUT2D eigenvalue weighted by Gasteiger charge is 2.39. The molecule has 0 radical (unpaired) electrons.